The van der Waals surface area contributed by atoms with Gasteiger partial charge in [-0.05, 0) is 44.0 Å². The van der Waals surface area contributed by atoms with E-state index in [4.69, 9.17) is 10.5 Å². The first kappa shape index (κ1) is 12.4. The van der Waals surface area contributed by atoms with E-state index in [-0.39, 0.29) is 0 Å². The maximum Gasteiger partial charge on any atom is 0.122 e. The van der Waals surface area contributed by atoms with E-state index < -0.39 is 0 Å². The lowest BCUT2D eigenvalue weighted by molar-refractivity contribution is 0.244. The fourth-order valence-electron chi connectivity index (χ4n) is 2.59. The van der Waals surface area contributed by atoms with E-state index in [1.165, 1.54) is 31.5 Å². The van der Waals surface area contributed by atoms with Gasteiger partial charge in [-0.2, -0.15) is 0 Å². The minimum absolute atomic E-state index is 0.453. The fourth-order valence-corrected chi connectivity index (χ4v) is 2.59. The first-order valence-corrected chi connectivity index (χ1v) is 6.41. The van der Waals surface area contributed by atoms with Crippen LogP contribution in [0.15, 0.2) is 24.3 Å². The number of likely N-dealkylation sites (tertiary alicyclic amines) is 1. The van der Waals surface area contributed by atoms with Gasteiger partial charge in [0, 0.05) is 12.6 Å². The second-order valence-corrected chi connectivity index (χ2v) is 4.65. The monoisotopic (exact) mass is 234 g/mol. The smallest absolute Gasteiger partial charge is 0.122 e. The van der Waals surface area contributed by atoms with Crippen molar-refractivity contribution < 1.29 is 4.74 Å². The van der Waals surface area contributed by atoms with Crippen LogP contribution in [0.5, 0.6) is 5.75 Å². The average molecular weight is 234 g/mol. The molecule has 1 aromatic rings. The SMILES string of the molecule is COc1ccccc1CC(CN)N1CCCC1. The average Bonchev–Trinajstić information content (AvgIpc) is 2.90. The summed E-state index contributed by atoms with van der Waals surface area (Å²) in [6.07, 6.45) is 3.60. The molecule has 0 saturated carbocycles. The summed E-state index contributed by atoms with van der Waals surface area (Å²) in [6, 6.07) is 8.68. The van der Waals surface area contributed by atoms with E-state index in [1.807, 2.05) is 12.1 Å². The van der Waals surface area contributed by atoms with E-state index in [0.29, 0.717) is 6.04 Å². The molecule has 17 heavy (non-hydrogen) atoms. The molecule has 3 heteroatoms. The summed E-state index contributed by atoms with van der Waals surface area (Å²) in [4.78, 5) is 2.51. The Labute approximate surface area is 104 Å². The van der Waals surface area contributed by atoms with Crippen molar-refractivity contribution in [1.82, 2.24) is 4.90 Å². The summed E-state index contributed by atoms with van der Waals surface area (Å²) in [5, 5.41) is 0. The number of ether oxygens (including phenoxy) is 1. The van der Waals surface area contributed by atoms with Crippen LogP contribution in [-0.2, 0) is 6.42 Å². The van der Waals surface area contributed by atoms with Gasteiger partial charge in [0.2, 0.25) is 0 Å². The molecule has 0 amide bonds. The highest BCUT2D eigenvalue weighted by Crippen LogP contribution is 2.22. The Morgan fingerprint density at radius 2 is 2.00 bits per heavy atom. The van der Waals surface area contributed by atoms with Crippen molar-refractivity contribution in [3.8, 4) is 5.75 Å². The van der Waals surface area contributed by atoms with Crippen LogP contribution < -0.4 is 10.5 Å². The minimum Gasteiger partial charge on any atom is -0.496 e. The molecule has 0 bridgehead atoms. The third-order valence-electron chi connectivity index (χ3n) is 3.58. The van der Waals surface area contributed by atoms with E-state index in [0.717, 1.165) is 18.7 Å². The Hall–Kier alpha value is -1.06. The first-order chi connectivity index (χ1) is 8.35. The van der Waals surface area contributed by atoms with Gasteiger partial charge >= 0.3 is 0 Å². The number of methoxy groups -OCH3 is 1. The lowest BCUT2D eigenvalue weighted by atomic mass is 10.0. The van der Waals surface area contributed by atoms with Gasteiger partial charge in [-0.3, -0.25) is 4.90 Å². The van der Waals surface area contributed by atoms with Gasteiger partial charge in [0.15, 0.2) is 0 Å². The van der Waals surface area contributed by atoms with Crippen molar-refractivity contribution in [2.75, 3.05) is 26.7 Å². The summed E-state index contributed by atoms with van der Waals surface area (Å²) in [7, 11) is 1.73. The highest BCUT2D eigenvalue weighted by atomic mass is 16.5. The van der Waals surface area contributed by atoms with Crippen molar-refractivity contribution in [2.45, 2.75) is 25.3 Å². The fraction of sp³-hybridized carbons (Fsp3) is 0.571. The van der Waals surface area contributed by atoms with E-state index in [2.05, 4.69) is 17.0 Å². The van der Waals surface area contributed by atoms with Crippen molar-refractivity contribution in [2.24, 2.45) is 5.73 Å². The molecular weight excluding hydrogens is 212 g/mol. The van der Waals surface area contributed by atoms with Crippen molar-refractivity contribution >= 4 is 0 Å². The molecule has 1 aliphatic rings. The zero-order valence-corrected chi connectivity index (χ0v) is 10.6. The van der Waals surface area contributed by atoms with Crippen LogP contribution in [0.1, 0.15) is 18.4 Å². The number of rotatable bonds is 5. The third-order valence-corrected chi connectivity index (χ3v) is 3.58. The van der Waals surface area contributed by atoms with E-state index in [1.54, 1.807) is 7.11 Å². The lowest BCUT2D eigenvalue weighted by Gasteiger charge is -2.26. The van der Waals surface area contributed by atoms with Gasteiger partial charge in [-0.1, -0.05) is 18.2 Å². The Morgan fingerprint density at radius 1 is 1.29 bits per heavy atom. The quantitative estimate of drug-likeness (QED) is 0.842. The molecule has 0 spiro atoms. The molecule has 2 rings (SSSR count). The van der Waals surface area contributed by atoms with Crippen molar-refractivity contribution in [3.63, 3.8) is 0 Å². The molecule has 1 atom stereocenters. The summed E-state index contributed by atoms with van der Waals surface area (Å²) in [5.41, 5.74) is 7.17. The highest BCUT2D eigenvalue weighted by molar-refractivity contribution is 5.33. The second-order valence-electron chi connectivity index (χ2n) is 4.65. The van der Waals surface area contributed by atoms with Crippen LogP contribution in [0.25, 0.3) is 0 Å². The van der Waals surface area contributed by atoms with Crippen LogP contribution in [0, 0.1) is 0 Å². The molecule has 94 valence electrons. The Morgan fingerprint density at radius 3 is 2.65 bits per heavy atom. The largest absolute Gasteiger partial charge is 0.496 e. The number of hydrogen-bond donors (Lipinski definition) is 1. The van der Waals surface area contributed by atoms with E-state index in [9.17, 15) is 0 Å². The normalized spacial score (nSPS) is 18.2. The molecule has 1 saturated heterocycles. The molecule has 1 fully saturated rings. The number of hydrogen-bond acceptors (Lipinski definition) is 3. The molecule has 0 aromatic heterocycles. The van der Waals surface area contributed by atoms with Crippen LogP contribution in [0.3, 0.4) is 0 Å². The molecular formula is C14H22N2O. The first-order valence-electron chi connectivity index (χ1n) is 6.41. The Bertz CT molecular complexity index is 348. The van der Waals surface area contributed by atoms with Crippen LogP contribution >= 0.6 is 0 Å². The summed E-state index contributed by atoms with van der Waals surface area (Å²) in [6.45, 7) is 3.10. The molecule has 0 aliphatic carbocycles. The standard InChI is InChI=1S/C14H22N2O/c1-17-14-7-3-2-6-12(14)10-13(11-15)16-8-4-5-9-16/h2-3,6-7,13H,4-5,8-11,15H2,1H3. The Balaban J connectivity index is 2.06. The van der Waals surface area contributed by atoms with Crippen LogP contribution in [0.2, 0.25) is 0 Å². The lowest BCUT2D eigenvalue weighted by Crippen LogP contribution is -2.40. The number of nitrogens with zero attached hydrogens (tertiary/aromatic N) is 1. The molecule has 3 nitrogen and oxygen atoms in total. The van der Waals surface area contributed by atoms with Crippen LogP contribution in [-0.4, -0.2) is 37.7 Å². The summed E-state index contributed by atoms with van der Waals surface area (Å²) in [5.74, 6) is 0.977. The van der Waals surface area contributed by atoms with Crippen molar-refractivity contribution in [1.29, 1.82) is 0 Å². The number of para-hydroxylation sites is 1. The second kappa shape index (κ2) is 6.03. The topological polar surface area (TPSA) is 38.5 Å². The molecule has 1 aliphatic heterocycles. The van der Waals surface area contributed by atoms with Gasteiger partial charge in [-0.25, -0.2) is 0 Å². The molecule has 1 unspecified atom stereocenters. The number of nitrogens with two attached hydrogens (primary N) is 1. The van der Waals surface area contributed by atoms with Gasteiger partial charge in [0.1, 0.15) is 5.75 Å². The molecule has 1 heterocycles. The van der Waals surface area contributed by atoms with Crippen LogP contribution in [0.4, 0.5) is 0 Å². The Kier molecular flexibility index (Phi) is 4.40. The summed E-state index contributed by atoms with van der Waals surface area (Å²) < 4.78 is 5.39. The van der Waals surface area contributed by atoms with Gasteiger partial charge < -0.3 is 10.5 Å². The minimum atomic E-state index is 0.453. The van der Waals surface area contributed by atoms with Gasteiger partial charge in [0.05, 0.1) is 7.11 Å². The zero-order valence-electron chi connectivity index (χ0n) is 10.6. The third kappa shape index (κ3) is 2.99. The van der Waals surface area contributed by atoms with Gasteiger partial charge in [0.25, 0.3) is 0 Å². The zero-order chi connectivity index (χ0) is 12.1. The predicted octanol–water partition coefficient (Wildman–Crippen LogP) is 1.66. The maximum absolute atomic E-state index is 5.91. The highest BCUT2D eigenvalue weighted by Gasteiger charge is 2.21. The maximum atomic E-state index is 5.91. The predicted molar refractivity (Wildman–Crippen MR) is 70.3 cm³/mol. The molecule has 2 N–H and O–H groups in total. The van der Waals surface area contributed by atoms with E-state index >= 15 is 0 Å². The van der Waals surface area contributed by atoms with Gasteiger partial charge in [-0.15, -0.1) is 0 Å². The molecule has 1 aromatic carbocycles. The van der Waals surface area contributed by atoms with Crippen molar-refractivity contribution in [3.05, 3.63) is 29.8 Å². The number of benzene rings is 1. The molecule has 0 radical (unpaired) electrons. The summed E-state index contributed by atoms with van der Waals surface area (Å²) >= 11 is 0.